The minimum absolute atomic E-state index is 0.185. The van der Waals surface area contributed by atoms with E-state index in [9.17, 15) is 4.79 Å². The summed E-state index contributed by atoms with van der Waals surface area (Å²) in [5, 5.41) is 9.85. The van der Waals surface area contributed by atoms with E-state index in [1.54, 1.807) is 0 Å². The summed E-state index contributed by atoms with van der Waals surface area (Å²) in [6.07, 6.45) is 2.05. The predicted molar refractivity (Wildman–Crippen MR) is 37.0 cm³/mol. The zero-order chi connectivity index (χ0) is 7.11. The van der Waals surface area contributed by atoms with Crippen LogP contribution in [0, 0.1) is 5.41 Å². The monoisotopic (exact) mass is 128 g/mol. The number of hydrogen-bond donors (Lipinski definition) is 2. The van der Waals surface area contributed by atoms with Crippen LogP contribution < -0.4 is 5.32 Å². The predicted octanol–water partition coefficient (Wildman–Crippen LogP) is 0.205. The smallest absolute Gasteiger partial charge is 0.163 e. The van der Waals surface area contributed by atoms with Gasteiger partial charge in [0.05, 0.1) is 5.71 Å². The maximum atomic E-state index is 9.85. The highest BCUT2D eigenvalue weighted by Gasteiger charge is 1.91. The standard InChI is InChI=1S/C6H12N2O/c1-8-4-2-3-6(7)5-9/h5,7-8H,2-4H2,1H3. The second kappa shape index (κ2) is 5.44. The number of carbonyl (C=O) groups excluding carboxylic acids is 1. The average Bonchev–Trinajstić information content (AvgIpc) is 1.89. The van der Waals surface area contributed by atoms with Crippen molar-refractivity contribution >= 4 is 12.0 Å². The van der Waals surface area contributed by atoms with E-state index < -0.39 is 0 Å². The van der Waals surface area contributed by atoms with Crippen molar-refractivity contribution in [2.24, 2.45) is 0 Å². The highest BCUT2D eigenvalue weighted by molar-refractivity contribution is 6.26. The summed E-state index contributed by atoms with van der Waals surface area (Å²) in [4.78, 5) is 9.85. The minimum Gasteiger partial charge on any atom is -0.320 e. The van der Waals surface area contributed by atoms with Gasteiger partial charge in [0.2, 0.25) is 0 Å². The van der Waals surface area contributed by atoms with Crippen LogP contribution in [0.15, 0.2) is 0 Å². The van der Waals surface area contributed by atoms with Crippen LogP contribution in [0.25, 0.3) is 0 Å². The molecule has 0 heterocycles. The Labute approximate surface area is 55.0 Å². The Hall–Kier alpha value is -0.700. The van der Waals surface area contributed by atoms with E-state index in [1.165, 1.54) is 0 Å². The first kappa shape index (κ1) is 8.30. The minimum atomic E-state index is 0.185. The third-order valence-electron chi connectivity index (χ3n) is 1.02. The molecular weight excluding hydrogens is 116 g/mol. The fourth-order valence-electron chi connectivity index (χ4n) is 0.515. The van der Waals surface area contributed by atoms with Crippen molar-refractivity contribution < 1.29 is 4.79 Å². The van der Waals surface area contributed by atoms with E-state index in [0.717, 1.165) is 13.0 Å². The Morgan fingerprint density at radius 2 is 2.44 bits per heavy atom. The molecule has 0 atom stereocenters. The Morgan fingerprint density at radius 1 is 1.78 bits per heavy atom. The van der Waals surface area contributed by atoms with Crippen LogP contribution in [0.5, 0.6) is 0 Å². The van der Waals surface area contributed by atoms with E-state index in [2.05, 4.69) is 5.32 Å². The second-order valence-electron chi connectivity index (χ2n) is 1.85. The number of rotatable bonds is 5. The largest absolute Gasteiger partial charge is 0.320 e. The molecule has 0 radical (unpaired) electrons. The third-order valence-corrected chi connectivity index (χ3v) is 1.02. The summed E-state index contributed by atoms with van der Waals surface area (Å²) in [5.41, 5.74) is 0.185. The number of aldehydes is 1. The van der Waals surface area contributed by atoms with Gasteiger partial charge in [0.25, 0.3) is 0 Å². The first-order chi connectivity index (χ1) is 4.31. The van der Waals surface area contributed by atoms with Gasteiger partial charge in [-0.2, -0.15) is 0 Å². The molecular formula is C6H12N2O. The van der Waals surface area contributed by atoms with Crippen molar-refractivity contribution in [3.8, 4) is 0 Å². The van der Waals surface area contributed by atoms with Crippen LogP contribution in [-0.4, -0.2) is 25.6 Å². The topological polar surface area (TPSA) is 53.0 Å². The van der Waals surface area contributed by atoms with Crippen LogP contribution in [0.3, 0.4) is 0 Å². The lowest BCUT2D eigenvalue weighted by Crippen LogP contribution is -2.09. The summed E-state index contributed by atoms with van der Waals surface area (Å²) < 4.78 is 0. The van der Waals surface area contributed by atoms with E-state index in [-0.39, 0.29) is 5.71 Å². The molecule has 0 fully saturated rings. The normalized spacial score (nSPS) is 9.00. The van der Waals surface area contributed by atoms with Gasteiger partial charge in [0.1, 0.15) is 0 Å². The molecule has 3 heteroatoms. The molecule has 9 heavy (non-hydrogen) atoms. The maximum Gasteiger partial charge on any atom is 0.163 e. The molecule has 0 aliphatic rings. The molecule has 2 N–H and O–H groups in total. The summed E-state index contributed by atoms with van der Waals surface area (Å²) in [6.45, 7) is 0.871. The van der Waals surface area contributed by atoms with Gasteiger partial charge < -0.3 is 10.7 Å². The van der Waals surface area contributed by atoms with E-state index in [4.69, 9.17) is 5.41 Å². The van der Waals surface area contributed by atoms with Crippen molar-refractivity contribution in [2.75, 3.05) is 13.6 Å². The highest BCUT2D eigenvalue weighted by Crippen LogP contribution is 1.85. The Balaban J connectivity index is 3.07. The first-order valence-electron chi connectivity index (χ1n) is 2.98. The number of carbonyl (C=O) groups is 1. The van der Waals surface area contributed by atoms with Crippen molar-refractivity contribution in [2.45, 2.75) is 12.8 Å². The molecule has 0 aromatic rings. The molecule has 52 valence electrons. The lowest BCUT2D eigenvalue weighted by molar-refractivity contribution is -0.102. The van der Waals surface area contributed by atoms with Gasteiger partial charge in [-0.1, -0.05) is 0 Å². The van der Waals surface area contributed by atoms with Gasteiger partial charge in [-0.25, -0.2) is 0 Å². The SMILES string of the molecule is CNCCCC(=N)C=O. The van der Waals surface area contributed by atoms with Crippen LogP contribution in [-0.2, 0) is 4.79 Å². The summed E-state index contributed by atoms with van der Waals surface area (Å²) in [5.74, 6) is 0. The van der Waals surface area contributed by atoms with E-state index in [1.807, 2.05) is 7.05 Å². The second-order valence-corrected chi connectivity index (χ2v) is 1.85. The number of nitrogens with one attached hydrogen (secondary N) is 2. The molecule has 0 saturated carbocycles. The zero-order valence-electron chi connectivity index (χ0n) is 5.61. The summed E-state index contributed by atoms with van der Waals surface area (Å²) in [7, 11) is 1.85. The molecule has 0 saturated heterocycles. The lowest BCUT2D eigenvalue weighted by Gasteiger charge is -1.94. The van der Waals surface area contributed by atoms with Gasteiger partial charge in [-0.15, -0.1) is 0 Å². The van der Waals surface area contributed by atoms with Crippen LogP contribution in [0.2, 0.25) is 0 Å². The molecule has 0 spiro atoms. The summed E-state index contributed by atoms with van der Waals surface area (Å²) in [6, 6.07) is 0. The Kier molecular flexibility index (Phi) is 5.01. The first-order valence-corrected chi connectivity index (χ1v) is 2.98. The third kappa shape index (κ3) is 5.17. The zero-order valence-corrected chi connectivity index (χ0v) is 5.61. The van der Waals surface area contributed by atoms with E-state index >= 15 is 0 Å². The van der Waals surface area contributed by atoms with Gasteiger partial charge in [0.15, 0.2) is 6.29 Å². The molecule has 0 amide bonds. The molecule has 0 bridgehead atoms. The summed E-state index contributed by atoms with van der Waals surface area (Å²) >= 11 is 0. The van der Waals surface area contributed by atoms with Crippen LogP contribution in [0.1, 0.15) is 12.8 Å². The molecule has 0 rings (SSSR count). The van der Waals surface area contributed by atoms with Gasteiger partial charge in [-0.05, 0) is 26.4 Å². The fourth-order valence-corrected chi connectivity index (χ4v) is 0.515. The molecule has 0 aliphatic carbocycles. The van der Waals surface area contributed by atoms with Gasteiger partial charge in [0, 0.05) is 0 Å². The van der Waals surface area contributed by atoms with Crippen molar-refractivity contribution in [1.82, 2.24) is 5.32 Å². The number of hydrogen-bond acceptors (Lipinski definition) is 3. The van der Waals surface area contributed by atoms with Gasteiger partial charge in [-0.3, -0.25) is 4.79 Å². The quantitative estimate of drug-likeness (QED) is 0.316. The Morgan fingerprint density at radius 3 is 2.89 bits per heavy atom. The van der Waals surface area contributed by atoms with Crippen molar-refractivity contribution in [3.63, 3.8) is 0 Å². The maximum absolute atomic E-state index is 9.85. The molecule has 0 aromatic heterocycles. The molecule has 0 unspecified atom stereocenters. The molecule has 0 aliphatic heterocycles. The average molecular weight is 128 g/mol. The fraction of sp³-hybridized carbons (Fsp3) is 0.667. The van der Waals surface area contributed by atoms with Crippen molar-refractivity contribution in [3.05, 3.63) is 0 Å². The van der Waals surface area contributed by atoms with Crippen molar-refractivity contribution in [1.29, 1.82) is 5.41 Å². The lowest BCUT2D eigenvalue weighted by atomic mass is 10.2. The van der Waals surface area contributed by atoms with Crippen LogP contribution in [0.4, 0.5) is 0 Å². The van der Waals surface area contributed by atoms with E-state index in [0.29, 0.717) is 12.7 Å². The molecule has 3 nitrogen and oxygen atoms in total. The molecule has 0 aromatic carbocycles. The highest BCUT2D eigenvalue weighted by atomic mass is 16.1. The van der Waals surface area contributed by atoms with Crippen LogP contribution >= 0.6 is 0 Å². The van der Waals surface area contributed by atoms with Gasteiger partial charge >= 0.3 is 0 Å². The Bertz CT molecular complexity index is 101.